The molecule has 9 nitrogen and oxygen atoms in total. The van der Waals surface area contributed by atoms with Crippen molar-refractivity contribution >= 4 is 50.7 Å². The van der Waals surface area contributed by atoms with Gasteiger partial charge in [-0.1, -0.05) is 53.2 Å². The Morgan fingerprint density at radius 3 is 2.09 bits per heavy atom. The second-order valence-corrected chi connectivity index (χ2v) is 13.3. The van der Waals surface area contributed by atoms with Gasteiger partial charge in [0.2, 0.25) is 11.8 Å². The molecule has 10 heteroatoms. The lowest BCUT2D eigenvalue weighted by atomic mass is 9.70. The Balaban J connectivity index is 1.58. The van der Waals surface area contributed by atoms with Crippen LogP contribution in [0.2, 0.25) is 0 Å². The van der Waals surface area contributed by atoms with Gasteiger partial charge in [0.25, 0.3) is 5.91 Å². The number of aliphatic hydroxyl groups is 1. The molecule has 0 aromatic heterocycles. The molecule has 3 amide bonds. The minimum Gasteiger partial charge on any atom is -0.394 e. The van der Waals surface area contributed by atoms with Gasteiger partial charge >= 0.3 is 0 Å². The highest BCUT2D eigenvalue weighted by atomic mass is 79.9. The summed E-state index contributed by atoms with van der Waals surface area (Å²) in [6.45, 7) is 15.7. The fourth-order valence-corrected chi connectivity index (χ4v) is 8.65. The topological polar surface area (TPSA) is 93.6 Å². The van der Waals surface area contributed by atoms with Crippen LogP contribution < -0.4 is 14.7 Å². The number of para-hydroxylation sites is 1. The molecule has 3 aliphatic rings. The van der Waals surface area contributed by atoms with Crippen LogP contribution in [-0.2, 0) is 19.1 Å². The maximum Gasteiger partial charge on any atom is 0.253 e. The third-order valence-electron chi connectivity index (χ3n) is 9.83. The zero-order chi connectivity index (χ0) is 33.2. The van der Waals surface area contributed by atoms with E-state index < -0.39 is 35.6 Å². The van der Waals surface area contributed by atoms with E-state index in [1.165, 1.54) is 4.90 Å². The van der Waals surface area contributed by atoms with Crippen molar-refractivity contribution in [1.29, 1.82) is 0 Å². The molecular weight excluding hydrogens is 648 g/mol. The number of carbonyl (C=O) groups is 3. The van der Waals surface area contributed by atoms with Gasteiger partial charge in [0.1, 0.15) is 11.6 Å². The molecule has 3 unspecified atom stereocenters. The minimum absolute atomic E-state index is 0.212. The van der Waals surface area contributed by atoms with E-state index in [1.807, 2.05) is 61.5 Å². The van der Waals surface area contributed by atoms with Crippen LogP contribution in [0.4, 0.5) is 17.1 Å². The summed E-state index contributed by atoms with van der Waals surface area (Å²) in [6.07, 6.45) is 3.52. The molecule has 246 valence electrons. The summed E-state index contributed by atoms with van der Waals surface area (Å²) in [5.41, 5.74) is 1.15. The zero-order valence-corrected chi connectivity index (χ0v) is 28.5. The molecule has 1 N–H and O–H groups in total. The largest absolute Gasteiger partial charge is 0.394 e. The van der Waals surface area contributed by atoms with Crippen LogP contribution in [0.3, 0.4) is 0 Å². The molecule has 3 heterocycles. The smallest absolute Gasteiger partial charge is 0.253 e. The van der Waals surface area contributed by atoms with E-state index in [0.29, 0.717) is 24.2 Å². The van der Waals surface area contributed by atoms with E-state index in [2.05, 4.69) is 47.8 Å². The van der Waals surface area contributed by atoms with E-state index in [4.69, 9.17) is 4.74 Å². The highest BCUT2D eigenvalue weighted by Gasteiger charge is 2.77. The highest BCUT2D eigenvalue weighted by molar-refractivity contribution is 9.09. The molecule has 3 saturated heterocycles. The van der Waals surface area contributed by atoms with E-state index >= 15 is 0 Å². The van der Waals surface area contributed by atoms with Gasteiger partial charge in [-0.2, -0.15) is 0 Å². The van der Waals surface area contributed by atoms with Crippen LogP contribution in [0, 0.1) is 11.8 Å². The quantitative estimate of drug-likeness (QED) is 0.226. The summed E-state index contributed by atoms with van der Waals surface area (Å²) in [5, 5.41) is 10.5. The lowest BCUT2D eigenvalue weighted by molar-refractivity contribution is -0.144. The number of aliphatic hydroxyl groups excluding tert-OH is 1. The Kier molecular flexibility index (Phi) is 10.4. The molecule has 7 atom stereocenters. The number of halogens is 1. The van der Waals surface area contributed by atoms with Gasteiger partial charge in [-0.25, -0.2) is 0 Å². The predicted molar refractivity (Wildman–Crippen MR) is 185 cm³/mol. The number of carbonyl (C=O) groups excluding carboxylic acids is 3. The number of ether oxygens (including phenoxy) is 1. The maximum atomic E-state index is 14.9. The van der Waals surface area contributed by atoms with Crippen molar-refractivity contribution < 1.29 is 24.2 Å². The van der Waals surface area contributed by atoms with Crippen molar-refractivity contribution in [2.24, 2.45) is 11.8 Å². The standard InChI is InChI=1S/C36H45BrN4O5/c1-6-20-39(26-14-12-11-13-15-26)33(43)29-30-34(44)41(24(8-3)23-42)32(36(30)22-28(37)31(29)46-36)35(45)40(21-7-2)27-18-16-25(17-19-27)38(9-4)10-5/h6-7,11-19,24,28-32,42H,1-2,8-10,20-23H2,3-5H3/t24-,28?,29+,30-,31+,32?,36?/m0/s1. The first-order chi connectivity index (χ1) is 22.2. The number of nitrogens with zero attached hydrogens (tertiary/aromatic N) is 4. The molecule has 3 aliphatic heterocycles. The number of amides is 3. The van der Waals surface area contributed by atoms with Gasteiger partial charge in [-0.15, -0.1) is 13.2 Å². The Bertz CT molecular complexity index is 1430. The third kappa shape index (κ3) is 5.58. The van der Waals surface area contributed by atoms with Crippen LogP contribution in [-0.4, -0.2) is 89.1 Å². The first-order valence-electron chi connectivity index (χ1n) is 16.2. The van der Waals surface area contributed by atoms with Crippen molar-refractivity contribution in [3.63, 3.8) is 0 Å². The molecular formula is C36H45BrN4O5. The summed E-state index contributed by atoms with van der Waals surface area (Å²) in [4.78, 5) is 50.8. The number of fused-ring (bicyclic) bond motifs is 1. The molecule has 0 radical (unpaired) electrons. The van der Waals surface area contributed by atoms with E-state index in [1.54, 1.807) is 22.0 Å². The summed E-state index contributed by atoms with van der Waals surface area (Å²) < 4.78 is 6.77. The predicted octanol–water partition coefficient (Wildman–Crippen LogP) is 4.79. The number of rotatable bonds is 14. The van der Waals surface area contributed by atoms with Gasteiger partial charge < -0.3 is 29.4 Å². The molecule has 2 bridgehead atoms. The van der Waals surface area contributed by atoms with Crippen LogP contribution in [0.25, 0.3) is 0 Å². The average molecular weight is 694 g/mol. The number of hydrogen-bond donors (Lipinski definition) is 1. The summed E-state index contributed by atoms with van der Waals surface area (Å²) in [6, 6.07) is 15.4. The van der Waals surface area contributed by atoms with Gasteiger partial charge in [-0.3, -0.25) is 14.4 Å². The van der Waals surface area contributed by atoms with Gasteiger partial charge in [0, 0.05) is 48.1 Å². The summed E-state index contributed by atoms with van der Waals surface area (Å²) in [5.74, 6) is -2.62. The molecule has 3 fully saturated rings. The SMILES string of the molecule is C=CCN(C(=O)C1N([C@@H](CC)CO)C(=O)[C@@H]2[C@@H](C(=O)N(CC=C)c3ccccc3)[C@@H]3OC12CC3Br)c1ccc(N(CC)CC)cc1. The number of benzene rings is 2. The van der Waals surface area contributed by atoms with Crippen molar-refractivity contribution in [2.45, 2.75) is 62.2 Å². The van der Waals surface area contributed by atoms with Gasteiger partial charge in [-0.05, 0) is 63.1 Å². The Morgan fingerprint density at radius 2 is 1.54 bits per heavy atom. The van der Waals surface area contributed by atoms with Crippen LogP contribution in [0.1, 0.15) is 33.6 Å². The van der Waals surface area contributed by atoms with Crippen molar-refractivity contribution in [2.75, 3.05) is 47.5 Å². The molecule has 0 saturated carbocycles. The monoisotopic (exact) mass is 692 g/mol. The Hall–Kier alpha value is -3.47. The van der Waals surface area contributed by atoms with Crippen molar-refractivity contribution in [3.8, 4) is 0 Å². The van der Waals surface area contributed by atoms with Crippen LogP contribution in [0.15, 0.2) is 79.9 Å². The van der Waals surface area contributed by atoms with E-state index in [9.17, 15) is 19.5 Å². The number of anilines is 3. The molecule has 0 aliphatic carbocycles. The summed E-state index contributed by atoms with van der Waals surface area (Å²) in [7, 11) is 0. The second-order valence-electron chi connectivity index (χ2n) is 12.2. The lowest BCUT2D eigenvalue weighted by Crippen LogP contribution is -2.59. The molecule has 1 spiro atoms. The van der Waals surface area contributed by atoms with Crippen LogP contribution in [0.5, 0.6) is 0 Å². The highest BCUT2D eigenvalue weighted by Crippen LogP contribution is 2.61. The average Bonchev–Trinajstić information content (AvgIpc) is 3.67. The molecule has 2 aromatic rings. The fourth-order valence-electron chi connectivity index (χ4n) is 7.71. The normalized spacial score (nSPS) is 26.8. The minimum atomic E-state index is -1.26. The lowest BCUT2D eigenvalue weighted by Gasteiger charge is -2.39. The van der Waals surface area contributed by atoms with Crippen molar-refractivity contribution in [3.05, 3.63) is 79.9 Å². The van der Waals surface area contributed by atoms with E-state index in [-0.39, 0.29) is 42.2 Å². The van der Waals surface area contributed by atoms with E-state index in [0.717, 1.165) is 18.8 Å². The summed E-state index contributed by atoms with van der Waals surface area (Å²) >= 11 is 3.77. The third-order valence-corrected chi connectivity index (χ3v) is 10.7. The van der Waals surface area contributed by atoms with Gasteiger partial charge in [0.15, 0.2) is 0 Å². The Morgan fingerprint density at radius 1 is 0.978 bits per heavy atom. The maximum absolute atomic E-state index is 14.9. The number of likely N-dealkylation sites (tertiary alicyclic amines) is 1. The van der Waals surface area contributed by atoms with Crippen LogP contribution >= 0.6 is 15.9 Å². The molecule has 46 heavy (non-hydrogen) atoms. The Labute approximate surface area is 280 Å². The first kappa shape index (κ1) is 33.9. The zero-order valence-electron chi connectivity index (χ0n) is 26.9. The first-order valence-corrected chi connectivity index (χ1v) is 17.1. The second kappa shape index (κ2) is 14.1. The van der Waals surface area contributed by atoms with Gasteiger partial charge in [0.05, 0.1) is 30.6 Å². The fraction of sp³-hybridized carbons (Fsp3) is 0.472. The molecule has 5 rings (SSSR count). The molecule has 2 aromatic carbocycles. The van der Waals surface area contributed by atoms with Crippen molar-refractivity contribution in [1.82, 2.24) is 4.90 Å². The number of hydrogen-bond acceptors (Lipinski definition) is 6. The number of alkyl halides is 1.